The van der Waals surface area contributed by atoms with Crippen LogP contribution in [0.1, 0.15) is 41.2 Å². The van der Waals surface area contributed by atoms with E-state index in [-0.39, 0.29) is 11.0 Å². The standard InChI is InChI=1S/C26H25N3O3S/c1-3-17-7-14-23-22(15-17)28-24(32-23)16-18-5-10-20(11-6-18)27-26(33)29-25(30)19-8-12-21(13-9-19)31-4-2/h5-15H,3-4,16H2,1-2H3,(H2,27,29,30,33). The highest BCUT2D eigenvalue weighted by atomic mass is 32.1. The summed E-state index contributed by atoms with van der Waals surface area (Å²) < 4.78 is 11.3. The van der Waals surface area contributed by atoms with Crippen molar-refractivity contribution in [1.29, 1.82) is 0 Å². The Hall–Kier alpha value is -3.71. The number of hydrogen-bond acceptors (Lipinski definition) is 5. The maximum atomic E-state index is 12.4. The Bertz CT molecular complexity index is 1260. The molecular formula is C26H25N3O3S. The SMILES string of the molecule is CCOc1ccc(C(=O)NC(=S)Nc2ccc(Cc3nc4cc(CC)ccc4o3)cc2)cc1. The van der Waals surface area contributed by atoms with Crippen molar-refractivity contribution in [2.24, 2.45) is 0 Å². The van der Waals surface area contributed by atoms with Gasteiger partial charge in [-0.05, 0) is 85.2 Å². The second-order valence-corrected chi connectivity index (χ2v) is 7.91. The molecule has 0 spiro atoms. The van der Waals surface area contributed by atoms with Crippen LogP contribution in [0.25, 0.3) is 11.1 Å². The van der Waals surface area contributed by atoms with E-state index in [0.29, 0.717) is 24.5 Å². The van der Waals surface area contributed by atoms with E-state index in [0.717, 1.165) is 34.5 Å². The second kappa shape index (κ2) is 10.3. The van der Waals surface area contributed by atoms with Crippen LogP contribution in [0.2, 0.25) is 0 Å². The molecule has 0 aliphatic carbocycles. The van der Waals surface area contributed by atoms with Gasteiger partial charge in [-0.1, -0.05) is 25.1 Å². The molecule has 2 N–H and O–H groups in total. The van der Waals surface area contributed by atoms with Gasteiger partial charge in [-0.15, -0.1) is 0 Å². The summed E-state index contributed by atoms with van der Waals surface area (Å²) in [6.45, 7) is 4.61. The number of fused-ring (bicyclic) bond motifs is 1. The van der Waals surface area contributed by atoms with Gasteiger partial charge in [0.2, 0.25) is 0 Å². The van der Waals surface area contributed by atoms with Crippen LogP contribution in [-0.2, 0) is 12.8 Å². The lowest BCUT2D eigenvalue weighted by Crippen LogP contribution is -2.34. The summed E-state index contributed by atoms with van der Waals surface area (Å²) in [4.78, 5) is 17.0. The first-order valence-corrected chi connectivity index (χ1v) is 11.3. The van der Waals surface area contributed by atoms with Gasteiger partial charge in [0.25, 0.3) is 5.91 Å². The third-order valence-corrected chi connectivity index (χ3v) is 5.33. The van der Waals surface area contributed by atoms with Crippen LogP contribution < -0.4 is 15.4 Å². The molecule has 0 aliphatic rings. The van der Waals surface area contributed by atoms with Gasteiger partial charge >= 0.3 is 0 Å². The van der Waals surface area contributed by atoms with Crippen molar-refractivity contribution in [1.82, 2.24) is 10.3 Å². The molecule has 3 aromatic carbocycles. The molecule has 7 heteroatoms. The average Bonchev–Trinajstić information content (AvgIpc) is 3.22. The smallest absolute Gasteiger partial charge is 0.257 e. The number of hydrogen-bond donors (Lipinski definition) is 2. The topological polar surface area (TPSA) is 76.4 Å². The Balaban J connectivity index is 1.33. The van der Waals surface area contributed by atoms with Crippen LogP contribution in [0.3, 0.4) is 0 Å². The highest BCUT2D eigenvalue weighted by molar-refractivity contribution is 7.80. The van der Waals surface area contributed by atoms with E-state index < -0.39 is 0 Å². The summed E-state index contributed by atoms with van der Waals surface area (Å²) in [7, 11) is 0. The van der Waals surface area contributed by atoms with Gasteiger partial charge < -0.3 is 14.5 Å². The minimum absolute atomic E-state index is 0.229. The number of thiocarbonyl (C=S) groups is 1. The van der Waals surface area contributed by atoms with Gasteiger partial charge in [0, 0.05) is 17.7 Å². The Kier molecular flexibility index (Phi) is 7.00. The van der Waals surface area contributed by atoms with Gasteiger partial charge in [-0.3, -0.25) is 10.1 Å². The number of rotatable bonds is 7. The van der Waals surface area contributed by atoms with Crippen LogP contribution in [0.4, 0.5) is 5.69 Å². The van der Waals surface area contributed by atoms with Gasteiger partial charge in [-0.2, -0.15) is 0 Å². The molecule has 0 radical (unpaired) electrons. The zero-order valence-corrected chi connectivity index (χ0v) is 19.4. The van der Waals surface area contributed by atoms with Crippen molar-refractivity contribution in [3.63, 3.8) is 0 Å². The summed E-state index contributed by atoms with van der Waals surface area (Å²) >= 11 is 5.28. The zero-order valence-electron chi connectivity index (χ0n) is 18.6. The molecule has 1 aromatic heterocycles. The molecule has 4 rings (SSSR count). The van der Waals surface area contributed by atoms with Crippen LogP contribution in [0.15, 0.2) is 71.1 Å². The van der Waals surface area contributed by atoms with Crippen molar-refractivity contribution in [2.75, 3.05) is 11.9 Å². The molecule has 1 amide bonds. The minimum atomic E-state index is -0.283. The predicted octanol–water partition coefficient (Wildman–Crippen LogP) is 5.51. The quantitative estimate of drug-likeness (QED) is 0.355. The summed E-state index contributed by atoms with van der Waals surface area (Å²) in [5.74, 6) is 1.12. The summed E-state index contributed by atoms with van der Waals surface area (Å²) in [6.07, 6.45) is 1.56. The van der Waals surface area contributed by atoms with E-state index in [1.807, 2.05) is 37.3 Å². The molecule has 168 valence electrons. The zero-order chi connectivity index (χ0) is 23.2. The number of carbonyl (C=O) groups excluding carboxylic acids is 1. The summed E-state index contributed by atoms with van der Waals surface area (Å²) in [5.41, 5.74) is 5.27. The number of nitrogens with zero attached hydrogens (tertiary/aromatic N) is 1. The predicted molar refractivity (Wildman–Crippen MR) is 134 cm³/mol. The number of benzene rings is 3. The first kappa shape index (κ1) is 22.5. The Morgan fingerprint density at radius 3 is 2.42 bits per heavy atom. The number of aromatic nitrogens is 1. The number of anilines is 1. The molecule has 0 fully saturated rings. The first-order chi connectivity index (χ1) is 16.0. The Labute approximate surface area is 198 Å². The molecule has 0 saturated carbocycles. The molecule has 0 bridgehead atoms. The number of oxazole rings is 1. The number of ether oxygens (including phenoxy) is 1. The van der Waals surface area contributed by atoms with E-state index in [2.05, 4.69) is 34.7 Å². The number of aryl methyl sites for hydroxylation is 1. The van der Waals surface area contributed by atoms with Crippen LogP contribution >= 0.6 is 12.2 Å². The Morgan fingerprint density at radius 1 is 1.00 bits per heavy atom. The average molecular weight is 460 g/mol. The van der Waals surface area contributed by atoms with Crippen molar-refractivity contribution in [3.05, 3.63) is 89.3 Å². The first-order valence-electron chi connectivity index (χ1n) is 10.9. The van der Waals surface area contributed by atoms with E-state index in [4.69, 9.17) is 21.4 Å². The number of nitrogens with one attached hydrogen (secondary N) is 2. The van der Waals surface area contributed by atoms with E-state index in [9.17, 15) is 4.79 Å². The van der Waals surface area contributed by atoms with Crippen LogP contribution in [-0.4, -0.2) is 22.6 Å². The Morgan fingerprint density at radius 2 is 1.73 bits per heavy atom. The molecule has 6 nitrogen and oxygen atoms in total. The highest BCUT2D eigenvalue weighted by Gasteiger charge is 2.10. The van der Waals surface area contributed by atoms with E-state index in [1.54, 1.807) is 24.3 Å². The van der Waals surface area contributed by atoms with Gasteiger partial charge in [0.05, 0.1) is 6.61 Å². The molecule has 0 saturated heterocycles. The van der Waals surface area contributed by atoms with E-state index >= 15 is 0 Å². The normalized spacial score (nSPS) is 10.7. The molecular weight excluding hydrogens is 434 g/mol. The number of carbonyl (C=O) groups is 1. The molecule has 0 unspecified atom stereocenters. The van der Waals surface area contributed by atoms with Gasteiger partial charge in [0.1, 0.15) is 11.3 Å². The fourth-order valence-corrected chi connectivity index (χ4v) is 3.61. The van der Waals surface area contributed by atoms with E-state index in [1.165, 1.54) is 5.56 Å². The lowest BCUT2D eigenvalue weighted by molar-refractivity contribution is 0.0977. The van der Waals surface area contributed by atoms with Crippen molar-refractivity contribution in [2.45, 2.75) is 26.7 Å². The van der Waals surface area contributed by atoms with Crippen molar-refractivity contribution < 1.29 is 13.9 Å². The van der Waals surface area contributed by atoms with Crippen molar-refractivity contribution in [3.8, 4) is 5.75 Å². The lowest BCUT2D eigenvalue weighted by Gasteiger charge is -2.10. The third-order valence-electron chi connectivity index (χ3n) is 5.13. The second-order valence-electron chi connectivity index (χ2n) is 7.50. The summed E-state index contributed by atoms with van der Waals surface area (Å²) in [6, 6.07) is 20.8. The molecule has 0 aliphatic heterocycles. The van der Waals surface area contributed by atoms with Crippen LogP contribution in [0, 0.1) is 0 Å². The number of amides is 1. The van der Waals surface area contributed by atoms with Crippen LogP contribution in [0.5, 0.6) is 5.75 Å². The van der Waals surface area contributed by atoms with Gasteiger partial charge in [0.15, 0.2) is 16.6 Å². The molecule has 33 heavy (non-hydrogen) atoms. The minimum Gasteiger partial charge on any atom is -0.494 e. The molecule has 0 atom stereocenters. The maximum absolute atomic E-state index is 12.4. The molecule has 1 heterocycles. The third kappa shape index (κ3) is 5.75. The summed E-state index contributed by atoms with van der Waals surface area (Å²) in [5, 5.41) is 5.95. The molecule has 4 aromatic rings. The lowest BCUT2D eigenvalue weighted by atomic mass is 10.1. The maximum Gasteiger partial charge on any atom is 0.257 e. The monoisotopic (exact) mass is 459 g/mol. The van der Waals surface area contributed by atoms with Crippen molar-refractivity contribution >= 4 is 40.0 Å². The fourth-order valence-electron chi connectivity index (χ4n) is 3.40. The van der Waals surface area contributed by atoms with Gasteiger partial charge in [-0.25, -0.2) is 4.98 Å². The highest BCUT2D eigenvalue weighted by Crippen LogP contribution is 2.20. The fraction of sp³-hybridized carbons (Fsp3) is 0.192. The largest absolute Gasteiger partial charge is 0.494 e.